The Labute approximate surface area is 380 Å². The van der Waals surface area contributed by atoms with Gasteiger partial charge in [-0.15, -0.1) is 0 Å². The van der Waals surface area contributed by atoms with Crippen molar-refractivity contribution in [3.63, 3.8) is 0 Å². The predicted molar refractivity (Wildman–Crippen MR) is 261 cm³/mol. The number of rotatable bonds is 48. The second-order valence-corrected chi connectivity index (χ2v) is 20.1. The summed E-state index contributed by atoms with van der Waals surface area (Å²) >= 11 is 0. The van der Waals surface area contributed by atoms with E-state index in [9.17, 15) is 14.4 Å². The zero-order chi connectivity index (χ0) is 44.9. The summed E-state index contributed by atoms with van der Waals surface area (Å²) in [6.07, 6.45) is 46.6. The average molecular weight is 863 g/mol. The Hall–Kier alpha value is -1.59. The summed E-state index contributed by atoms with van der Waals surface area (Å²) in [4.78, 5) is 38.0. The fourth-order valence-electron chi connectivity index (χ4n) is 8.26. The minimum atomic E-state index is -0.763. The first-order valence-corrected chi connectivity index (χ1v) is 27.1. The van der Waals surface area contributed by atoms with Crippen LogP contribution in [0, 0.1) is 17.8 Å². The monoisotopic (exact) mass is 863 g/mol. The van der Waals surface area contributed by atoms with E-state index in [2.05, 4.69) is 41.5 Å². The molecule has 0 aliphatic carbocycles. The molecule has 2 atom stereocenters. The molecule has 6 nitrogen and oxygen atoms in total. The Morgan fingerprint density at radius 3 is 0.852 bits per heavy atom. The summed E-state index contributed by atoms with van der Waals surface area (Å²) in [5, 5.41) is 0. The van der Waals surface area contributed by atoms with Gasteiger partial charge >= 0.3 is 17.9 Å². The first-order chi connectivity index (χ1) is 29.6. The van der Waals surface area contributed by atoms with Crippen molar-refractivity contribution in [1.82, 2.24) is 0 Å². The normalized spacial score (nSPS) is 12.6. The van der Waals surface area contributed by atoms with Gasteiger partial charge in [0.2, 0.25) is 0 Å². The SMILES string of the molecule is CCC(C)CCCCCCCCCCCCCCCCC(=O)O[C@H](COC(=O)CCCCCCCCCCCCCC(C)C)COC(=O)CCCCCCCCCCC(C)C. The lowest BCUT2D eigenvalue weighted by Gasteiger charge is -2.18. The predicted octanol–water partition coefficient (Wildman–Crippen LogP) is 17.6. The highest BCUT2D eigenvalue weighted by Gasteiger charge is 2.19. The minimum Gasteiger partial charge on any atom is -0.462 e. The Kier molecular flexibility index (Phi) is 45.2. The highest BCUT2D eigenvalue weighted by molar-refractivity contribution is 5.71. The third kappa shape index (κ3) is 47.7. The maximum atomic E-state index is 12.8. The van der Waals surface area contributed by atoms with Gasteiger partial charge in [-0.3, -0.25) is 14.4 Å². The molecule has 362 valence electrons. The van der Waals surface area contributed by atoms with Crippen LogP contribution < -0.4 is 0 Å². The molecule has 0 heterocycles. The standard InChI is InChI=1S/C55H106O6/c1-7-51(6)43-37-31-25-18-14-10-8-9-11-15-20-28-34-40-46-55(58)61-52(48-60-54(57)45-39-33-27-22-21-24-30-36-42-50(4)5)47-59-53(56)44-38-32-26-19-16-12-13-17-23-29-35-41-49(2)3/h49-52H,7-48H2,1-6H3/t51?,52-/m1/s1. The van der Waals surface area contributed by atoms with Gasteiger partial charge in [0, 0.05) is 19.3 Å². The Morgan fingerprint density at radius 1 is 0.328 bits per heavy atom. The molecule has 6 heteroatoms. The Balaban J connectivity index is 4.29. The van der Waals surface area contributed by atoms with Crippen LogP contribution in [-0.4, -0.2) is 37.2 Å². The largest absolute Gasteiger partial charge is 0.462 e. The summed E-state index contributed by atoms with van der Waals surface area (Å²) in [6, 6.07) is 0. The van der Waals surface area contributed by atoms with Crippen LogP contribution in [0.4, 0.5) is 0 Å². The van der Waals surface area contributed by atoms with Gasteiger partial charge in [0.25, 0.3) is 0 Å². The van der Waals surface area contributed by atoms with Crippen molar-refractivity contribution in [3.8, 4) is 0 Å². The van der Waals surface area contributed by atoms with Gasteiger partial charge in [-0.1, -0.05) is 260 Å². The van der Waals surface area contributed by atoms with E-state index in [0.29, 0.717) is 19.3 Å². The molecule has 61 heavy (non-hydrogen) atoms. The van der Waals surface area contributed by atoms with Gasteiger partial charge in [0.05, 0.1) is 0 Å². The second kappa shape index (κ2) is 46.4. The molecular weight excluding hydrogens is 757 g/mol. The van der Waals surface area contributed by atoms with Crippen LogP contribution in [0.3, 0.4) is 0 Å². The smallest absolute Gasteiger partial charge is 0.306 e. The molecule has 0 spiro atoms. The topological polar surface area (TPSA) is 78.9 Å². The van der Waals surface area contributed by atoms with Gasteiger partial charge in [0.15, 0.2) is 6.10 Å². The number of hydrogen-bond donors (Lipinski definition) is 0. The summed E-state index contributed by atoms with van der Waals surface area (Å²) in [7, 11) is 0. The quantitative estimate of drug-likeness (QED) is 0.0344. The van der Waals surface area contributed by atoms with Crippen LogP contribution in [0.15, 0.2) is 0 Å². The molecule has 0 saturated heterocycles. The number of carbonyl (C=O) groups is 3. The first-order valence-electron chi connectivity index (χ1n) is 27.1. The van der Waals surface area contributed by atoms with Crippen LogP contribution in [0.2, 0.25) is 0 Å². The van der Waals surface area contributed by atoms with Crippen molar-refractivity contribution >= 4 is 17.9 Å². The van der Waals surface area contributed by atoms with Crippen molar-refractivity contribution in [2.45, 2.75) is 304 Å². The maximum Gasteiger partial charge on any atom is 0.306 e. The second-order valence-electron chi connectivity index (χ2n) is 20.1. The van der Waals surface area contributed by atoms with Gasteiger partial charge in [-0.2, -0.15) is 0 Å². The lowest BCUT2D eigenvalue weighted by molar-refractivity contribution is -0.167. The highest BCUT2D eigenvalue weighted by atomic mass is 16.6. The molecule has 0 aliphatic heterocycles. The molecule has 0 radical (unpaired) electrons. The molecule has 0 aromatic rings. The lowest BCUT2D eigenvalue weighted by Crippen LogP contribution is -2.30. The van der Waals surface area contributed by atoms with E-state index >= 15 is 0 Å². The number of ether oxygens (including phenoxy) is 3. The molecule has 0 aromatic carbocycles. The third-order valence-electron chi connectivity index (χ3n) is 12.8. The van der Waals surface area contributed by atoms with Crippen LogP contribution in [0.25, 0.3) is 0 Å². The number of esters is 3. The van der Waals surface area contributed by atoms with Crippen molar-refractivity contribution in [1.29, 1.82) is 0 Å². The van der Waals surface area contributed by atoms with Gasteiger partial charge in [0.1, 0.15) is 13.2 Å². The lowest BCUT2D eigenvalue weighted by atomic mass is 9.99. The van der Waals surface area contributed by atoms with Crippen LogP contribution in [0.1, 0.15) is 298 Å². The number of hydrogen-bond acceptors (Lipinski definition) is 6. The number of unbranched alkanes of at least 4 members (excludes halogenated alkanes) is 30. The average Bonchev–Trinajstić information content (AvgIpc) is 3.23. The summed E-state index contributed by atoms with van der Waals surface area (Å²) < 4.78 is 16.8. The number of carbonyl (C=O) groups excluding carboxylic acids is 3. The molecule has 1 unspecified atom stereocenters. The van der Waals surface area contributed by atoms with Crippen LogP contribution in [-0.2, 0) is 28.6 Å². The summed E-state index contributed by atoms with van der Waals surface area (Å²) in [5.74, 6) is 1.67. The minimum absolute atomic E-state index is 0.0646. The van der Waals surface area contributed by atoms with Crippen molar-refractivity contribution in [2.24, 2.45) is 17.8 Å². The van der Waals surface area contributed by atoms with E-state index in [4.69, 9.17) is 14.2 Å². The van der Waals surface area contributed by atoms with Crippen LogP contribution >= 0.6 is 0 Å². The summed E-state index contributed by atoms with van der Waals surface area (Å²) in [5.41, 5.74) is 0. The molecule has 0 aromatic heterocycles. The van der Waals surface area contributed by atoms with E-state index < -0.39 is 6.10 Å². The van der Waals surface area contributed by atoms with Crippen molar-refractivity contribution in [2.75, 3.05) is 13.2 Å². The molecule has 0 bridgehead atoms. The van der Waals surface area contributed by atoms with E-state index in [1.165, 1.54) is 180 Å². The van der Waals surface area contributed by atoms with Gasteiger partial charge < -0.3 is 14.2 Å². The molecule has 0 amide bonds. The zero-order valence-corrected chi connectivity index (χ0v) is 42.0. The third-order valence-corrected chi connectivity index (χ3v) is 12.8. The highest BCUT2D eigenvalue weighted by Crippen LogP contribution is 2.18. The van der Waals surface area contributed by atoms with E-state index in [1.807, 2.05) is 0 Å². The molecule has 0 N–H and O–H groups in total. The van der Waals surface area contributed by atoms with Gasteiger partial charge in [-0.05, 0) is 37.0 Å². The van der Waals surface area contributed by atoms with Crippen molar-refractivity contribution in [3.05, 3.63) is 0 Å². The van der Waals surface area contributed by atoms with E-state index in [0.717, 1.165) is 75.5 Å². The van der Waals surface area contributed by atoms with E-state index in [1.54, 1.807) is 0 Å². The molecule has 0 rings (SSSR count). The van der Waals surface area contributed by atoms with Crippen molar-refractivity contribution < 1.29 is 28.6 Å². The maximum absolute atomic E-state index is 12.8. The van der Waals surface area contributed by atoms with Crippen LogP contribution in [0.5, 0.6) is 0 Å². The molecule has 0 aliphatic rings. The Morgan fingerprint density at radius 2 is 0.574 bits per heavy atom. The molecular formula is C55H106O6. The first kappa shape index (κ1) is 59.4. The van der Waals surface area contributed by atoms with E-state index in [-0.39, 0.29) is 31.1 Å². The van der Waals surface area contributed by atoms with Gasteiger partial charge in [-0.25, -0.2) is 0 Å². The zero-order valence-electron chi connectivity index (χ0n) is 42.0. The fraction of sp³-hybridized carbons (Fsp3) is 0.945. The molecule has 0 fully saturated rings. The molecule has 0 saturated carbocycles. The Bertz CT molecular complexity index is 947. The fourth-order valence-corrected chi connectivity index (χ4v) is 8.26. The summed E-state index contributed by atoms with van der Waals surface area (Å²) in [6.45, 7) is 13.7.